The molecule has 0 amide bonds. The van der Waals surface area contributed by atoms with Crippen LogP contribution in [0.3, 0.4) is 0 Å². The lowest BCUT2D eigenvalue weighted by molar-refractivity contribution is 0.158. The highest BCUT2D eigenvalue weighted by Crippen LogP contribution is 2.07. The molecule has 0 aliphatic carbocycles. The summed E-state index contributed by atoms with van der Waals surface area (Å²) in [6.07, 6.45) is -2.37. The molecule has 0 saturated carbocycles. The van der Waals surface area contributed by atoms with E-state index in [1.807, 2.05) is 0 Å². The van der Waals surface area contributed by atoms with Crippen molar-refractivity contribution in [3.63, 3.8) is 0 Å². The van der Waals surface area contributed by atoms with Crippen molar-refractivity contribution in [3.8, 4) is 0 Å². The zero-order valence-corrected chi connectivity index (χ0v) is 4.07. The van der Waals surface area contributed by atoms with E-state index in [1.165, 1.54) is 0 Å². The minimum Gasteiger partial charge on any atom is -0.327 e. The second kappa shape index (κ2) is 3.49. The number of hydrogen-bond acceptors (Lipinski definition) is 1. The van der Waals surface area contributed by atoms with Crippen LogP contribution in [0.2, 0.25) is 0 Å². The summed E-state index contributed by atoms with van der Waals surface area (Å²) < 4.78 is 33.8. The summed E-state index contributed by atoms with van der Waals surface area (Å²) in [5, 5.41) is 0. The van der Waals surface area contributed by atoms with Gasteiger partial charge in [-0.2, -0.15) is 0 Å². The SMILES string of the molecule is NCC=C(F)C(F)F. The lowest BCUT2D eigenvalue weighted by Crippen LogP contribution is -1.98. The van der Waals surface area contributed by atoms with Gasteiger partial charge in [0.1, 0.15) is 0 Å². The quantitative estimate of drug-likeness (QED) is 0.586. The second-order valence-electron chi connectivity index (χ2n) is 1.13. The van der Waals surface area contributed by atoms with Crippen molar-refractivity contribution in [1.29, 1.82) is 0 Å². The summed E-state index contributed by atoms with van der Waals surface area (Å²) in [5.41, 5.74) is 4.72. The molecular formula is C4H6F3N. The zero-order valence-electron chi connectivity index (χ0n) is 4.07. The van der Waals surface area contributed by atoms with Crippen LogP contribution in [0, 0.1) is 0 Å². The van der Waals surface area contributed by atoms with Gasteiger partial charge in [-0.25, -0.2) is 13.2 Å². The van der Waals surface area contributed by atoms with E-state index in [-0.39, 0.29) is 6.54 Å². The molecule has 8 heavy (non-hydrogen) atoms. The van der Waals surface area contributed by atoms with Gasteiger partial charge in [-0.3, -0.25) is 0 Å². The number of rotatable bonds is 2. The Balaban J connectivity index is 3.61. The first-order valence-electron chi connectivity index (χ1n) is 2.02. The molecule has 2 N–H and O–H groups in total. The molecule has 0 unspecified atom stereocenters. The van der Waals surface area contributed by atoms with Gasteiger partial charge in [0, 0.05) is 6.54 Å². The summed E-state index contributed by atoms with van der Waals surface area (Å²) in [7, 11) is 0. The van der Waals surface area contributed by atoms with Crippen LogP contribution in [0.25, 0.3) is 0 Å². The maximum absolute atomic E-state index is 11.6. The molecule has 0 saturated heterocycles. The van der Waals surface area contributed by atoms with Crippen LogP contribution < -0.4 is 5.73 Å². The fourth-order valence-corrected chi connectivity index (χ4v) is 0.202. The molecule has 0 heterocycles. The molecule has 0 rings (SSSR count). The minimum absolute atomic E-state index is 0.184. The van der Waals surface area contributed by atoms with Gasteiger partial charge in [0.15, 0.2) is 5.83 Å². The first kappa shape index (κ1) is 7.49. The molecule has 0 aliphatic heterocycles. The van der Waals surface area contributed by atoms with Gasteiger partial charge in [0.2, 0.25) is 0 Å². The molecule has 0 atom stereocenters. The molecular weight excluding hydrogens is 119 g/mol. The van der Waals surface area contributed by atoms with Gasteiger partial charge >= 0.3 is 0 Å². The van der Waals surface area contributed by atoms with Crippen molar-refractivity contribution in [1.82, 2.24) is 0 Å². The molecule has 0 fully saturated rings. The van der Waals surface area contributed by atoms with Crippen molar-refractivity contribution in [3.05, 3.63) is 11.9 Å². The Bertz CT molecular complexity index is 89.3. The maximum Gasteiger partial charge on any atom is 0.289 e. The van der Waals surface area contributed by atoms with E-state index in [0.29, 0.717) is 6.08 Å². The minimum atomic E-state index is -3.02. The third kappa shape index (κ3) is 2.63. The molecule has 0 bridgehead atoms. The molecule has 0 aliphatic rings. The molecule has 0 aromatic rings. The summed E-state index contributed by atoms with van der Waals surface area (Å²) in [4.78, 5) is 0. The van der Waals surface area contributed by atoms with E-state index in [9.17, 15) is 13.2 Å². The highest BCUT2D eigenvalue weighted by molar-refractivity contribution is 4.94. The zero-order chi connectivity index (χ0) is 6.57. The fourth-order valence-electron chi connectivity index (χ4n) is 0.202. The van der Waals surface area contributed by atoms with E-state index < -0.39 is 12.3 Å². The third-order valence-corrected chi connectivity index (χ3v) is 0.521. The molecule has 0 radical (unpaired) electrons. The van der Waals surface area contributed by atoms with Crippen LogP contribution in [-0.2, 0) is 0 Å². The van der Waals surface area contributed by atoms with Crippen LogP contribution in [-0.4, -0.2) is 13.0 Å². The van der Waals surface area contributed by atoms with Crippen molar-refractivity contribution in [2.24, 2.45) is 5.73 Å². The number of nitrogens with two attached hydrogens (primary N) is 1. The predicted molar refractivity (Wildman–Crippen MR) is 24.2 cm³/mol. The van der Waals surface area contributed by atoms with Crippen LogP contribution in [0.5, 0.6) is 0 Å². The Morgan fingerprint density at radius 1 is 1.62 bits per heavy atom. The number of hydrogen-bond donors (Lipinski definition) is 1. The average molecular weight is 125 g/mol. The average Bonchev–Trinajstić information content (AvgIpc) is 1.67. The van der Waals surface area contributed by atoms with Crippen molar-refractivity contribution in [2.45, 2.75) is 6.43 Å². The van der Waals surface area contributed by atoms with Crippen molar-refractivity contribution >= 4 is 0 Å². The molecule has 0 spiro atoms. The van der Waals surface area contributed by atoms with Gasteiger partial charge in [-0.05, 0) is 6.08 Å². The van der Waals surface area contributed by atoms with Crippen LogP contribution in [0.1, 0.15) is 0 Å². The summed E-state index contributed by atoms with van der Waals surface area (Å²) in [5.74, 6) is -1.45. The van der Waals surface area contributed by atoms with Gasteiger partial charge in [-0.15, -0.1) is 0 Å². The smallest absolute Gasteiger partial charge is 0.289 e. The first-order chi connectivity index (χ1) is 3.68. The molecule has 4 heteroatoms. The maximum atomic E-state index is 11.6. The van der Waals surface area contributed by atoms with Crippen molar-refractivity contribution in [2.75, 3.05) is 6.54 Å². The lowest BCUT2D eigenvalue weighted by Gasteiger charge is -1.89. The predicted octanol–water partition coefficient (Wildman–Crippen LogP) is 1.06. The van der Waals surface area contributed by atoms with E-state index in [0.717, 1.165) is 0 Å². The number of alkyl halides is 2. The van der Waals surface area contributed by atoms with E-state index in [4.69, 9.17) is 5.73 Å². The second-order valence-corrected chi connectivity index (χ2v) is 1.13. The van der Waals surface area contributed by atoms with Gasteiger partial charge in [-0.1, -0.05) is 0 Å². The molecule has 48 valence electrons. The summed E-state index contributed by atoms with van der Waals surface area (Å²) in [6.45, 7) is -0.184. The summed E-state index contributed by atoms with van der Waals surface area (Å²) in [6, 6.07) is 0. The van der Waals surface area contributed by atoms with Crippen molar-refractivity contribution < 1.29 is 13.2 Å². The highest BCUT2D eigenvalue weighted by Gasteiger charge is 2.07. The Labute approximate surface area is 45.0 Å². The van der Waals surface area contributed by atoms with Gasteiger partial charge in [0.25, 0.3) is 6.43 Å². The molecule has 0 aromatic heterocycles. The Morgan fingerprint density at radius 3 is 2.25 bits per heavy atom. The topological polar surface area (TPSA) is 26.0 Å². The normalized spacial score (nSPS) is 12.9. The monoisotopic (exact) mass is 125 g/mol. The van der Waals surface area contributed by atoms with Gasteiger partial charge < -0.3 is 5.73 Å². The Hall–Kier alpha value is -0.510. The van der Waals surface area contributed by atoms with E-state index >= 15 is 0 Å². The number of halogens is 3. The van der Waals surface area contributed by atoms with Crippen LogP contribution in [0.4, 0.5) is 13.2 Å². The standard InChI is InChI=1S/C4H6F3N/c5-3(1-2-8)4(6)7/h1,4H,2,8H2. The highest BCUT2D eigenvalue weighted by atomic mass is 19.3. The van der Waals surface area contributed by atoms with Crippen LogP contribution >= 0.6 is 0 Å². The first-order valence-corrected chi connectivity index (χ1v) is 2.02. The fraction of sp³-hybridized carbons (Fsp3) is 0.500. The summed E-state index contributed by atoms with van der Waals surface area (Å²) >= 11 is 0. The molecule has 0 aromatic carbocycles. The number of allylic oxidation sites excluding steroid dienone is 1. The third-order valence-electron chi connectivity index (χ3n) is 0.521. The Morgan fingerprint density at radius 2 is 2.12 bits per heavy atom. The van der Waals surface area contributed by atoms with Gasteiger partial charge in [0.05, 0.1) is 0 Å². The Kier molecular flexibility index (Phi) is 3.26. The van der Waals surface area contributed by atoms with Crippen LogP contribution in [0.15, 0.2) is 11.9 Å². The molecule has 1 nitrogen and oxygen atoms in total. The van der Waals surface area contributed by atoms with E-state index in [2.05, 4.69) is 0 Å². The van der Waals surface area contributed by atoms with E-state index in [1.54, 1.807) is 0 Å². The largest absolute Gasteiger partial charge is 0.327 e. The lowest BCUT2D eigenvalue weighted by atomic mass is 10.5.